The minimum Gasteiger partial charge on any atom is -0.483 e. The zero-order valence-corrected chi connectivity index (χ0v) is 10.5. The first-order chi connectivity index (χ1) is 8.59. The van der Waals surface area contributed by atoms with Gasteiger partial charge in [-0.15, -0.1) is 0 Å². The number of hydrogen-bond donors (Lipinski definition) is 0. The van der Waals surface area contributed by atoms with Crippen LogP contribution in [0.15, 0.2) is 36.4 Å². The maximum Gasteiger partial charge on any atom is 0.192 e. The van der Waals surface area contributed by atoms with Crippen molar-refractivity contribution in [2.24, 2.45) is 0 Å². The third kappa shape index (κ3) is 2.62. The molecule has 2 aromatic carbocycles. The third-order valence-corrected chi connectivity index (χ3v) is 2.80. The van der Waals surface area contributed by atoms with Crippen LogP contribution in [0.3, 0.4) is 0 Å². The van der Waals surface area contributed by atoms with Gasteiger partial charge in [0.25, 0.3) is 0 Å². The van der Waals surface area contributed by atoms with Gasteiger partial charge in [-0.3, -0.25) is 0 Å². The van der Waals surface area contributed by atoms with Crippen LogP contribution in [-0.4, -0.2) is 0 Å². The van der Waals surface area contributed by atoms with Gasteiger partial charge in [0, 0.05) is 0 Å². The first-order valence-electron chi connectivity index (χ1n) is 5.40. The first-order valence-corrected chi connectivity index (χ1v) is 5.78. The highest BCUT2D eigenvalue weighted by Crippen LogP contribution is 2.31. The summed E-state index contributed by atoms with van der Waals surface area (Å²) >= 11 is 5.65. The average molecular weight is 269 g/mol. The Hall–Kier alpha value is -1.61. The molecule has 1 nitrogen and oxygen atoms in total. The highest BCUT2D eigenvalue weighted by atomic mass is 35.5. The smallest absolute Gasteiger partial charge is 0.192 e. The summed E-state index contributed by atoms with van der Waals surface area (Å²) in [5.41, 5.74) is 1.08. The number of hydrogen-bond acceptors (Lipinski definition) is 1. The van der Waals surface area contributed by atoms with Crippen LogP contribution < -0.4 is 4.74 Å². The SMILES string of the molecule is Cc1cc(Cl)c(F)c(OCc2ccccc2)c1F. The van der Waals surface area contributed by atoms with Crippen LogP contribution in [0, 0.1) is 18.6 Å². The molecule has 0 fully saturated rings. The number of rotatable bonds is 3. The Morgan fingerprint density at radius 2 is 1.78 bits per heavy atom. The molecule has 0 amide bonds. The maximum absolute atomic E-state index is 13.7. The second-order valence-corrected chi connectivity index (χ2v) is 4.31. The minimum absolute atomic E-state index is 0.0917. The highest BCUT2D eigenvalue weighted by molar-refractivity contribution is 6.31. The summed E-state index contributed by atoms with van der Waals surface area (Å²) in [6.07, 6.45) is 0. The van der Waals surface area contributed by atoms with Crippen molar-refractivity contribution in [3.63, 3.8) is 0 Å². The number of benzene rings is 2. The number of ether oxygens (including phenoxy) is 1. The lowest BCUT2D eigenvalue weighted by Crippen LogP contribution is -2.01. The molecule has 2 rings (SSSR count). The van der Waals surface area contributed by atoms with Crippen molar-refractivity contribution >= 4 is 11.6 Å². The maximum atomic E-state index is 13.7. The Balaban J connectivity index is 2.24. The fraction of sp³-hybridized carbons (Fsp3) is 0.143. The third-order valence-electron chi connectivity index (χ3n) is 2.52. The lowest BCUT2D eigenvalue weighted by atomic mass is 10.2. The molecule has 0 N–H and O–H groups in total. The van der Waals surface area contributed by atoms with Crippen molar-refractivity contribution in [2.45, 2.75) is 13.5 Å². The largest absolute Gasteiger partial charge is 0.483 e. The van der Waals surface area contributed by atoms with Gasteiger partial charge in [0.2, 0.25) is 0 Å². The van der Waals surface area contributed by atoms with Crippen molar-refractivity contribution in [3.05, 3.63) is 64.2 Å². The molecule has 0 bridgehead atoms. The zero-order chi connectivity index (χ0) is 13.1. The summed E-state index contributed by atoms with van der Waals surface area (Å²) in [5.74, 6) is -2.01. The predicted molar refractivity (Wildman–Crippen MR) is 66.9 cm³/mol. The van der Waals surface area contributed by atoms with Crippen LogP contribution in [-0.2, 0) is 6.61 Å². The molecule has 18 heavy (non-hydrogen) atoms. The summed E-state index contributed by atoms with van der Waals surface area (Å²) in [7, 11) is 0. The monoisotopic (exact) mass is 268 g/mol. The fourth-order valence-corrected chi connectivity index (χ4v) is 1.81. The van der Waals surface area contributed by atoms with E-state index >= 15 is 0 Å². The van der Waals surface area contributed by atoms with Gasteiger partial charge >= 0.3 is 0 Å². The van der Waals surface area contributed by atoms with Gasteiger partial charge in [0.1, 0.15) is 6.61 Å². The number of aryl methyl sites for hydroxylation is 1. The van der Waals surface area contributed by atoms with Gasteiger partial charge in [-0.2, -0.15) is 0 Å². The van der Waals surface area contributed by atoms with Crippen LogP contribution in [0.4, 0.5) is 8.78 Å². The van der Waals surface area contributed by atoms with Gasteiger partial charge < -0.3 is 4.74 Å². The molecule has 2 aromatic rings. The molecule has 0 atom stereocenters. The summed E-state index contributed by atoms with van der Waals surface area (Å²) in [6, 6.07) is 10.4. The lowest BCUT2D eigenvalue weighted by Gasteiger charge is -2.11. The van der Waals surface area contributed by atoms with Crippen molar-refractivity contribution in [2.75, 3.05) is 0 Å². The van der Waals surface area contributed by atoms with Crippen LogP contribution in [0.5, 0.6) is 5.75 Å². The van der Waals surface area contributed by atoms with Crippen molar-refractivity contribution in [3.8, 4) is 5.75 Å². The normalized spacial score (nSPS) is 10.4. The van der Waals surface area contributed by atoms with E-state index in [1.165, 1.54) is 13.0 Å². The summed E-state index contributed by atoms with van der Waals surface area (Å²) in [6.45, 7) is 1.60. The van der Waals surface area contributed by atoms with Crippen LogP contribution in [0.2, 0.25) is 5.02 Å². The van der Waals surface area contributed by atoms with Crippen molar-refractivity contribution in [1.29, 1.82) is 0 Å². The van der Waals surface area contributed by atoms with Gasteiger partial charge in [-0.05, 0) is 24.1 Å². The van der Waals surface area contributed by atoms with E-state index in [1.54, 1.807) is 0 Å². The van der Waals surface area contributed by atoms with E-state index in [0.29, 0.717) is 0 Å². The molecular formula is C14H11ClF2O. The quantitative estimate of drug-likeness (QED) is 0.745. The molecule has 0 heterocycles. The molecule has 94 valence electrons. The molecule has 0 radical (unpaired) electrons. The Bertz CT molecular complexity index is 529. The van der Waals surface area contributed by atoms with E-state index in [-0.39, 0.29) is 17.2 Å². The van der Waals surface area contributed by atoms with Crippen molar-refractivity contribution < 1.29 is 13.5 Å². The average Bonchev–Trinajstić information content (AvgIpc) is 2.38. The van der Waals surface area contributed by atoms with E-state index in [2.05, 4.69) is 0 Å². The molecule has 0 saturated carbocycles. The molecule has 0 saturated heterocycles. The Morgan fingerprint density at radius 1 is 1.11 bits per heavy atom. The van der Waals surface area contributed by atoms with E-state index < -0.39 is 17.4 Å². The van der Waals surface area contributed by atoms with E-state index in [1.807, 2.05) is 30.3 Å². The second kappa shape index (κ2) is 5.36. The number of halogens is 3. The molecule has 0 aliphatic heterocycles. The highest BCUT2D eigenvalue weighted by Gasteiger charge is 2.17. The standard InChI is InChI=1S/C14H11ClF2O/c1-9-7-11(15)13(17)14(12(9)16)18-8-10-5-3-2-4-6-10/h2-7H,8H2,1H3. The topological polar surface area (TPSA) is 9.23 Å². The molecule has 0 aliphatic rings. The van der Waals surface area contributed by atoms with Crippen LogP contribution in [0.1, 0.15) is 11.1 Å². The first kappa shape index (κ1) is 12.8. The molecule has 0 aromatic heterocycles. The van der Waals surface area contributed by atoms with Crippen molar-refractivity contribution in [1.82, 2.24) is 0 Å². The molecule has 0 spiro atoms. The van der Waals surface area contributed by atoms with E-state index in [0.717, 1.165) is 5.56 Å². The van der Waals surface area contributed by atoms with Crippen LogP contribution in [0.25, 0.3) is 0 Å². The summed E-state index contributed by atoms with van der Waals surface area (Å²) in [4.78, 5) is 0. The van der Waals surface area contributed by atoms with Gasteiger partial charge in [-0.25, -0.2) is 8.78 Å². The summed E-state index contributed by atoms with van der Waals surface area (Å²) in [5, 5.41) is -0.142. The summed E-state index contributed by atoms with van der Waals surface area (Å²) < 4.78 is 32.6. The molecule has 0 aliphatic carbocycles. The van der Waals surface area contributed by atoms with Gasteiger partial charge in [0.05, 0.1) is 5.02 Å². The fourth-order valence-electron chi connectivity index (χ4n) is 1.56. The Morgan fingerprint density at radius 3 is 2.44 bits per heavy atom. The van der Waals surface area contributed by atoms with E-state index in [4.69, 9.17) is 16.3 Å². The Labute approximate surface area is 109 Å². The molecular weight excluding hydrogens is 258 g/mol. The molecule has 4 heteroatoms. The van der Waals surface area contributed by atoms with Crippen LogP contribution >= 0.6 is 11.6 Å². The van der Waals surface area contributed by atoms with Gasteiger partial charge in [-0.1, -0.05) is 41.9 Å². The zero-order valence-electron chi connectivity index (χ0n) is 9.71. The minimum atomic E-state index is -0.865. The molecule has 0 unspecified atom stereocenters. The lowest BCUT2D eigenvalue weighted by molar-refractivity contribution is 0.273. The van der Waals surface area contributed by atoms with Gasteiger partial charge in [0.15, 0.2) is 17.4 Å². The second-order valence-electron chi connectivity index (χ2n) is 3.91. The Kier molecular flexibility index (Phi) is 3.82. The predicted octanol–water partition coefficient (Wildman–Crippen LogP) is 4.51. The van der Waals surface area contributed by atoms with E-state index in [9.17, 15) is 8.78 Å².